The highest BCUT2D eigenvalue weighted by Gasteiger charge is 2.72. The predicted octanol–water partition coefficient (Wildman–Crippen LogP) is 8.87. The summed E-state index contributed by atoms with van der Waals surface area (Å²) in [4.78, 5) is 49.3. The summed E-state index contributed by atoms with van der Waals surface area (Å²) in [5, 5.41) is 0. The number of ether oxygens (including phenoxy) is 2. The maximum Gasteiger partial charge on any atom is 0.420 e. The summed E-state index contributed by atoms with van der Waals surface area (Å²) in [6.45, 7) is 1.53. The lowest BCUT2D eigenvalue weighted by atomic mass is 9.73. The number of carbonyl (C=O) groups excluding carboxylic acids is 4. The van der Waals surface area contributed by atoms with Gasteiger partial charge in [-0.1, -0.05) is 24.3 Å². The second-order valence-electron chi connectivity index (χ2n) is 11.8. The molecule has 0 aliphatic carbocycles. The molecule has 0 spiro atoms. The standard InChI is InChI=1S/C37H21F9N2O6/c1-20-18-23(47-30(49)14-15-31(47)50)6-12-28(20)53-25-8-2-21(3-9-25)34(36(41,42)43,37(44,45)46)22-4-10-26(11-5-22)54-29-13-7-24(19-27(29)35(38,39)40)48-32(51)16-17-33(48)52/h2-19H,1H3. The fourth-order valence-corrected chi connectivity index (χ4v) is 5.95. The van der Waals surface area contributed by atoms with Gasteiger partial charge >= 0.3 is 18.5 Å². The van der Waals surface area contributed by atoms with Crippen molar-refractivity contribution in [2.24, 2.45) is 0 Å². The van der Waals surface area contributed by atoms with Crippen LogP contribution < -0.4 is 19.3 Å². The van der Waals surface area contributed by atoms with Gasteiger partial charge in [0.15, 0.2) is 0 Å². The summed E-state index contributed by atoms with van der Waals surface area (Å²) in [5.41, 5.74) is -8.59. The number of amides is 4. The van der Waals surface area contributed by atoms with E-state index in [-0.39, 0.29) is 17.2 Å². The third-order valence-electron chi connectivity index (χ3n) is 8.44. The Bertz CT molecular complexity index is 2190. The summed E-state index contributed by atoms with van der Waals surface area (Å²) in [7, 11) is 0. The molecule has 0 unspecified atom stereocenters. The van der Waals surface area contributed by atoms with E-state index in [1.807, 2.05) is 0 Å². The lowest BCUT2D eigenvalue weighted by Crippen LogP contribution is -2.54. The zero-order chi connectivity index (χ0) is 39.4. The van der Waals surface area contributed by atoms with Gasteiger partial charge in [0.1, 0.15) is 28.6 Å². The number of benzene rings is 4. The summed E-state index contributed by atoms with van der Waals surface area (Å²) in [6.07, 6.45) is -13.3. The van der Waals surface area contributed by atoms with Gasteiger partial charge in [-0.3, -0.25) is 19.2 Å². The molecule has 4 aromatic carbocycles. The van der Waals surface area contributed by atoms with Crippen LogP contribution in [0.15, 0.2) is 109 Å². The Morgan fingerprint density at radius 2 is 0.852 bits per heavy atom. The Balaban J connectivity index is 1.30. The van der Waals surface area contributed by atoms with Crippen molar-refractivity contribution < 1.29 is 68.2 Å². The quantitative estimate of drug-likeness (QED) is 0.132. The number of anilines is 2. The molecular weight excluding hydrogens is 739 g/mol. The monoisotopic (exact) mass is 760 g/mol. The molecule has 0 radical (unpaired) electrons. The topological polar surface area (TPSA) is 93.2 Å². The fraction of sp³-hybridized carbons (Fsp3) is 0.135. The van der Waals surface area contributed by atoms with Crippen LogP contribution in [0.5, 0.6) is 23.0 Å². The van der Waals surface area contributed by atoms with Gasteiger partial charge in [0.2, 0.25) is 5.41 Å². The van der Waals surface area contributed by atoms with Gasteiger partial charge in [-0.05, 0) is 84.3 Å². The SMILES string of the molecule is Cc1cc(N2C(=O)C=CC2=O)ccc1Oc1ccc(C(c2ccc(Oc3ccc(N4C(=O)C=CC4=O)cc3C(F)(F)F)cc2)(C(F)(F)F)C(F)(F)F)cc1. The minimum Gasteiger partial charge on any atom is -0.457 e. The highest BCUT2D eigenvalue weighted by molar-refractivity contribution is 6.28. The average molecular weight is 761 g/mol. The van der Waals surface area contributed by atoms with Gasteiger partial charge in [0.05, 0.1) is 11.4 Å². The first-order valence-electron chi connectivity index (χ1n) is 15.4. The Labute approximate surface area is 298 Å². The van der Waals surface area contributed by atoms with E-state index in [1.54, 1.807) is 0 Å². The van der Waals surface area contributed by atoms with Crippen LogP contribution in [0, 0.1) is 6.92 Å². The lowest BCUT2D eigenvalue weighted by molar-refractivity contribution is -0.288. The molecule has 2 heterocycles. The Morgan fingerprint density at radius 1 is 0.481 bits per heavy atom. The molecule has 0 saturated heterocycles. The van der Waals surface area contributed by atoms with E-state index in [0.717, 1.165) is 53.5 Å². The Kier molecular flexibility index (Phi) is 9.16. The highest BCUT2D eigenvalue weighted by atomic mass is 19.4. The largest absolute Gasteiger partial charge is 0.457 e. The number of imide groups is 2. The molecular formula is C37H21F9N2O6. The van der Waals surface area contributed by atoms with Gasteiger partial charge in [-0.15, -0.1) is 0 Å². The molecule has 0 bridgehead atoms. The number of hydrogen-bond acceptors (Lipinski definition) is 6. The van der Waals surface area contributed by atoms with E-state index in [9.17, 15) is 58.7 Å². The van der Waals surface area contributed by atoms with E-state index >= 15 is 0 Å². The third kappa shape index (κ3) is 6.56. The van der Waals surface area contributed by atoms with Crippen LogP contribution in [-0.4, -0.2) is 36.0 Å². The molecule has 4 amide bonds. The zero-order valence-electron chi connectivity index (χ0n) is 27.1. The van der Waals surface area contributed by atoms with E-state index in [4.69, 9.17) is 9.47 Å². The van der Waals surface area contributed by atoms with Crippen LogP contribution in [-0.2, 0) is 30.8 Å². The Morgan fingerprint density at radius 3 is 1.22 bits per heavy atom. The molecule has 0 atom stereocenters. The molecule has 8 nitrogen and oxygen atoms in total. The molecule has 0 N–H and O–H groups in total. The first-order valence-corrected chi connectivity index (χ1v) is 15.4. The minimum atomic E-state index is -6.00. The predicted molar refractivity (Wildman–Crippen MR) is 172 cm³/mol. The molecule has 6 rings (SSSR count). The van der Waals surface area contributed by atoms with Crippen molar-refractivity contribution in [3.8, 4) is 23.0 Å². The van der Waals surface area contributed by atoms with Crippen LogP contribution in [0.25, 0.3) is 0 Å². The summed E-state index contributed by atoms with van der Waals surface area (Å²) >= 11 is 0. The summed E-state index contributed by atoms with van der Waals surface area (Å²) < 4.78 is 142. The van der Waals surface area contributed by atoms with Crippen molar-refractivity contribution in [3.05, 3.63) is 131 Å². The van der Waals surface area contributed by atoms with Crippen molar-refractivity contribution in [1.29, 1.82) is 0 Å². The van der Waals surface area contributed by atoms with Crippen molar-refractivity contribution in [3.63, 3.8) is 0 Å². The van der Waals surface area contributed by atoms with Crippen molar-refractivity contribution in [2.45, 2.75) is 30.9 Å². The lowest BCUT2D eigenvalue weighted by Gasteiger charge is -2.38. The van der Waals surface area contributed by atoms with Crippen molar-refractivity contribution >= 4 is 35.0 Å². The maximum absolute atomic E-state index is 14.8. The first kappa shape index (κ1) is 37.4. The Hall–Kier alpha value is -6.39. The van der Waals surface area contributed by atoms with Gasteiger partial charge < -0.3 is 9.47 Å². The van der Waals surface area contributed by atoms with Crippen molar-refractivity contribution in [1.82, 2.24) is 0 Å². The van der Waals surface area contributed by atoms with Crippen LogP contribution in [0.3, 0.4) is 0 Å². The molecule has 0 aromatic heterocycles. The third-order valence-corrected chi connectivity index (χ3v) is 8.44. The molecule has 4 aromatic rings. The van der Waals surface area contributed by atoms with Gasteiger partial charge in [0.25, 0.3) is 23.6 Å². The number of aryl methyl sites for hydroxylation is 1. The van der Waals surface area contributed by atoms with Crippen LogP contribution in [0.4, 0.5) is 50.9 Å². The molecule has 2 aliphatic rings. The number of nitrogens with zero attached hydrogens (tertiary/aromatic N) is 2. The average Bonchev–Trinajstić information content (AvgIpc) is 3.60. The fourth-order valence-electron chi connectivity index (χ4n) is 5.95. The number of rotatable bonds is 8. The smallest absolute Gasteiger partial charge is 0.420 e. The van der Waals surface area contributed by atoms with Crippen molar-refractivity contribution in [2.75, 3.05) is 9.80 Å². The van der Waals surface area contributed by atoms with Crippen LogP contribution in [0.2, 0.25) is 0 Å². The van der Waals surface area contributed by atoms with E-state index in [1.165, 1.54) is 25.1 Å². The summed E-state index contributed by atoms with van der Waals surface area (Å²) in [6, 6.07) is 11.3. The normalized spacial score (nSPS) is 15.1. The van der Waals surface area contributed by atoms with E-state index in [0.29, 0.717) is 52.9 Å². The minimum absolute atomic E-state index is 0.116. The van der Waals surface area contributed by atoms with Gasteiger partial charge in [0, 0.05) is 24.3 Å². The number of hydrogen-bond donors (Lipinski definition) is 0. The number of halogens is 9. The molecule has 17 heteroatoms. The maximum atomic E-state index is 14.8. The van der Waals surface area contributed by atoms with Gasteiger partial charge in [-0.25, -0.2) is 9.80 Å². The molecule has 54 heavy (non-hydrogen) atoms. The van der Waals surface area contributed by atoms with E-state index in [2.05, 4.69) is 0 Å². The zero-order valence-corrected chi connectivity index (χ0v) is 27.1. The molecule has 0 saturated carbocycles. The molecule has 0 fully saturated rings. The first-order chi connectivity index (χ1) is 25.2. The summed E-state index contributed by atoms with van der Waals surface area (Å²) in [5.74, 6) is -4.51. The number of carbonyl (C=O) groups is 4. The second-order valence-corrected chi connectivity index (χ2v) is 11.8. The van der Waals surface area contributed by atoms with Crippen LogP contribution >= 0.6 is 0 Å². The van der Waals surface area contributed by atoms with Crippen LogP contribution in [0.1, 0.15) is 22.3 Å². The van der Waals surface area contributed by atoms with Gasteiger partial charge in [-0.2, -0.15) is 39.5 Å². The highest BCUT2D eigenvalue weighted by Crippen LogP contribution is 2.56. The molecule has 278 valence electrons. The molecule has 2 aliphatic heterocycles. The number of alkyl halides is 9. The van der Waals surface area contributed by atoms with E-state index < -0.39 is 81.4 Å². The second kappa shape index (κ2) is 13.2.